The lowest BCUT2D eigenvalue weighted by Gasteiger charge is -1.88. The molecule has 0 aromatic rings. The average Bonchev–Trinajstić information content (AvgIpc) is 2.16. The second-order valence-corrected chi connectivity index (χ2v) is 2.46. The molecule has 0 aliphatic heterocycles. The molecule has 0 aliphatic carbocycles. The van der Waals surface area contributed by atoms with Gasteiger partial charge in [0.1, 0.15) is 0 Å². The van der Waals surface area contributed by atoms with E-state index in [1.165, 1.54) is 13.2 Å². The fourth-order valence-electron chi connectivity index (χ4n) is 0.726. The molecular formula is C11H16O2. The minimum atomic E-state index is -0.294. The van der Waals surface area contributed by atoms with Gasteiger partial charge >= 0.3 is 5.97 Å². The number of carbonyl (C=O) groups excluding carboxylic acids is 1. The van der Waals surface area contributed by atoms with Crippen LogP contribution in [0.3, 0.4) is 0 Å². The van der Waals surface area contributed by atoms with E-state index in [4.69, 9.17) is 0 Å². The van der Waals surface area contributed by atoms with Gasteiger partial charge in [-0.05, 0) is 19.8 Å². The Morgan fingerprint density at radius 3 is 2.54 bits per heavy atom. The SMILES string of the molecule is C/C=C/C=C/CC/C=C/C(=O)OC. The van der Waals surface area contributed by atoms with E-state index in [2.05, 4.69) is 10.8 Å². The van der Waals surface area contributed by atoms with Crippen LogP contribution in [0.2, 0.25) is 0 Å². The average molecular weight is 180 g/mol. The molecule has 0 N–H and O–H groups in total. The molecule has 2 nitrogen and oxygen atoms in total. The summed E-state index contributed by atoms with van der Waals surface area (Å²) in [6.45, 7) is 1.97. The highest BCUT2D eigenvalue weighted by molar-refractivity contribution is 5.81. The lowest BCUT2D eigenvalue weighted by molar-refractivity contribution is -0.134. The van der Waals surface area contributed by atoms with Crippen LogP contribution in [0, 0.1) is 0 Å². The highest BCUT2D eigenvalue weighted by Crippen LogP contribution is 1.93. The highest BCUT2D eigenvalue weighted by Gasteiger charge is 1.87. The van der Waals surface area contributed by atoms with E-state index in [1.807, 2.05) is 31.2 Å². The van der Waals surface area contributed by atoms with Gasteiger partial charge in [0.15, 0.2) is 0 Å². The van der Waals surface area contributed by atoms with Gasteiger partial charge in [-0.25, -0.2) is 4.79 Å². The number of hydrogen-bond acceptors (Lipinski definition) is 2. The van der Waals surface area contributed by atoms with Crippen molar-refractivity contribution in [3.8, 4) is 0 Å². The Morgan fingerprint density at radius 1 is 1.23 bits per heavy atom. The number of carbonyl (C=O) groups is 1. The van der Waals surface area contributed by atoms with Gasteiger partial charge in [0, 0.05) is 6.08 Å². The van der Waals surface area contributed by atoms with Gasteiger partial charge in [0.05, 0.1) is 7.11 Å². The van der Waals surface area contributed by atoms with Crippen molar-refractivity contribution < 1.29 is 9.53 Å². The molecule has 0 bridgehead atoms. The molecule has 0 saturated heterocycles. The van der Waals surface area contributed by atoms with Crippen molar-refractivity contribution in [1.29, 1.82) is 0 Å². The molecule has 0 fully saturated rings. The van der Waals surface area contributed by atoms with Gasteiger partial charge < -0.3 is 4.74 Å². The molecule has 0 saturated carbocycles. The van der Waals surface area contributed by atoms with E-state index >= 15 is 0 Å². The summed E-state index contributed by atoms with van der Waals surface area (Å²) in [5.74, 6) is -0.294. The predicted octanol–water partition coefficient (Wildman–Crippen LogP) is 2.63. The molecule has 0 radical (unpaired) electrons. The Morgan fingerprint density at radius 2 is 1.92 bits per heavy atom. The fraction of sp³-hybridized carbons (Fsp3) is 0.364. The lowest BCUT2D eigenvalue weighted by atomic mass is 10.2. The zero-order chi connectivity index (χ0) is 9.94. The van der Waals surface area contributed by atoms with Crippen molar-refractivity contribution in [2.24, 2.45) is 0 Å². The highest BCUT2D eigenvalue weighted by atomic mass is 16.5. The summed E-state index contributed by atoms with van der Waals surface area (Å²) in [5, 5.41) is 0. The maximum Gasteiger partial charge on any atom is 0.330 e. The summed E-state index contributed by atoms with van der Waals surface area (Å²) in [4.78, 5) is 10.6. The van der Waals surface area contributed by atoms with Gasteiger partial charge in [0.25, 0.3) is 0 Å². The van der Waals surface area contributed by atoms with Gasteiger partial charge in [-0.1, -0.05) is 30.4 Å². The van der Waals surface area contributed by atoms with E-state index in [0.717, 1.165) is 12.8 Å². The minimum absolute atomic E-state index is 0.294. The molecule has 0 spiro atoms. The Balaban J connectivity index is 3.45. The number of unbranched alkanes of at least 4 members (excludes halogenated alkanes) is 1. The van der Waals surface area contributed by atoms with Gasteiger partial charge in [-0.3, -0.25) is 0 Å². The molecule has 0 aliphatic rings. The predicted molar refractivity (Wildman–Crippen MR) is 54.3 cm³/mol. The summed E-state index contributed by atoms with van der Waals surface area (Å²) < 4.78 is 4.44. The van der Waals surface area contributed by atoms with Gasteiger partial charge in [-0.2, -0.15) is 0 Å². The van der Waals surface area contributed by atoms with Crippen LogP contribution in [0.4, 0.5) is 0 Å². The van der Waals surface area contributed by atoms with Crippen molar-refractivity contribution in [2.75, 3.05) is 7.11 Å². The summed E-state index contributed by atoms with van der Waals surface area (Å²) in [5.41, 5.74) is 0. The second-order valence-electron chi connectivity index (χ2n) is 2.46. The maximum absolute atomic E-state index is 10.6. The van der Waals surface area contributed by atoms with Gasteiger partial charge in [0.2, 0.25) is 0 Å². The first-order chi connectivity index (χ1) is 6.31. The summed E-state index contributed by atoms with van der Waals surface area (Å²) in [6, 6.07) is 0. The fourth-order valence-corrected chi connectivity index (χ4v) is 0.726. The van der Waals surface area contributed by atoms with Crippen LogP contribution in [0.5, 0.6) is 0 Å². The van der Waals surface area contributed by atoms with Crippen molar-refractivity contribution in [1.82, 2.24) is 0 Å². The molecule has 0 aromatic carbocycles. The first-order valence-corrected chi connectivity index (χ1v) is 4.33. The van der Waals surface area contributed by atoms with Crippen LogP contribution >= 0.6 is 0 Å². The summed E-state index contributed by atoms with van der Waals surface area (Å²) in [6.07, 6.45) is 13.1. The van der Waals surface area contributed by atoms with Crippen LogP contribution in [-0.2, 0) is 9.53 Å². The molecular weight excluding hydrogens is 164 g/mol. The van der Waals surface area contributed by atoms with E-state index in [0.29, 0.717) is 0 Å². The zero-order valence-electron chi connectivity index (χ0n) is 8.19. The zero-order valence-corrected chi connectivity index (χ0v) is 8.19. The number of ether oxygens (including phenoxy) is 1. The third kappa shape index (κ3) is 8.60. The largest absolute Gasteiger partial charge is 0.466 e. The Bertz CT molecular complexity index is 212. The third-order valence-electron chi connectivity index (χ3n) is 1.39. The molecule has 0 amide bonds. The number of rotatable bonds is 5. The molecule has 13 heavy (non-hydrogen) atoms. The number of hydrogen-bond donors (Lipinski definition) is 0. The summed E-state index contributed by atoms with van der Waals surface area (Å²) in [7, 11) is 1.37. The Kier molecular flexibility index (Phi) is 7.90. The summed E-state index contributed by atoms with van der Waals surface area (Å²) >= 11 is 0. The quantitative estimate of drug-likeness (QED) is 0.281. The molecule has 0 heterocycles. The topological polar surface area (TPSA) is 26.3 Å². The van der Waals surface area contributed by atoms with E-state index in [1.54, 1.807) is 0 Å². The maximum atomic E-state index is 10.6. The molecule has 2 heteroatoms. The van der Waals surface area contributed by atoms with Crippen molar-refractivity contribution in [2.45, 2.75) is 19.8 Å². The Labute approximate surface area is 79.6 Å². The van der Waals surface area contributed by atoms with Crippen LogP contribution < -0.4 is 0 Å². The van der Waals surface area contributed by atoms with Gasteiger partial charge in [-0.15, -0.1) is 0 Å². The van der Waals surface area contributed by atoms with Crippen molar-refractivity contribution in [3.63, 3.8) is 0 Å². The van der Waals surface area contributed by atoms with Crippen molar-refractivity contribution >= 4 is 5.97 Å². The van der Waals surface area contributed by atoms with Crippen LogP contribution in [0.1, 0.15) is 19.8 Å². The smallest absolute Gasteiger partial charge is 0.330 e. The molecule has 0 rings (SSSR count). The minimum Gasteiger partial charge on any atom is -0.466 e. The molecule has 72 valence electrons. The Hall–Kier alpha value is -1.31. The standard InChI is InChI=1S/C11H16O2/c1-3-4-5-6-7-8-9-10-11(12)13-2/h3-6,9-10H,7-8H2,1-2H3/b4-3+,6-5+,10-9+. The van der Waals surface area contributed by atoms with E-state index < -0.39 is 0 Å². The monoisotopic (exact) mass is 180 g/mol. The molecule has 0 aromatic heterocycles. The van der Waals surface area contributed by atoms with Crippen LogP contribution in [0.15, 0.2) is 36.5 Å². The van der Waals surface area contributed by atoms with Crippen LogP contribution in [-0.4, -0.2) is 13.1 Å². The van der Waals surface area contributed by atoms with E-state index in [-0.39, 0.29) is 5.97 Å². The first-order valence-electron chi connectivity index (χ1n) is 4.33. The number of esters is 1. The first kappa shape index (κ1) is 11.7. The second kappa shape index (κ2) is 8.78. The normalized spacial score (nSPS) is 11.8. The van der Waals surface area contributed by atoms with Crippen LogP contribution in [0.25, 0.3) is 0 Å². The third-order valence-corrected chi connectivity index (χ3v) is 1.39. The van der Waals surface area contributed by atoms with E-state index in [9.17, 15) is 4.79 Å². The number of methoxy groups -OCH3 is 1. The number of allylic oxidation sites excluding steroid dienone is 5. The molecule has 0 atom stereocenters. The molecule has 0 unspecified atom stereocenters. The lowest BCUT2D eigenvalue weighted by Crippen LogP contribution is -1.93. The van der Waals surface area contributed by atoms with Crippen molar-refractivity contribution in [3.05, 3.63) is 36.5 Å².